The summed E-state index contributed by atoms with van der Waals surface area (Å²) in [6.45, 7) is 0.257. The van der Waals surface area contributed by atoms with Crippen molar-refractivity contribution in [3.8, 4) is 11.1 Å². The van der Waals surface area contributed by atoms with Crippen molar-refractivity contribution in [2.75, 3.05) is 13.2 Å². The third kappa shape index (κ3) is 5.15. The number of fused-ring (bicyclic) bond motifs is 3. The van der Waals surface area contributed by atoms with Crippen LogP contribution in [0.15, 0.2) is 60.9 Å². The van der Waals surface area contributed by atoms with Gasteiger partial charge in [-0.15, -0.1) is 0 Å². The van der Waals surface area contributed by atoms with Crippen molar-refractivity contribution in [1.82, 2.24) is 20.6 Å². The van der Waals surface area contributed by atoms with Crippen molar-refractivity contribution in [1.29, 1.82) is 0 Å². The first-order chi connectivity index (χ1) is 16.0. The number of alkyl carbamates (subject to hydrolysis) is 1. The van der Waals surface area contributed by atoms with E-state index < -0.39 is 18.0 Å². The smallest absolute Gasteiger partial charge is 0.407 e. The van der Waals surface area contributed by atoms with Gasteiger partial charge in [0.15, 0.2) is 0 Å². The molecule has 2 amide bonds. The number of carbonyl (C=O) groups is 3. The van der Waals surface area contributed by atoms with E-state index in [9.17, 15) is 14.4 Å². The molecule has 9 nitrogen and oxygen atoms in total. The standard InChI is InChI=1S/C24H22N4O5/c29-22(30)9-10-25-23(31)15-11-26-21(27-12-15)13-28-24(32)33-14-20-18-7-3-1-5-16(18)17-6-2-4-8-19(17)20/h1-8,11-12,20H,9-10,13-14H2,(H,25,31)(H,28,32)(H,29,30). The Morgan fingerprint density at radius 2 is 1.52 bits per heavy atom. The third-order valence-corrected chi connectivity index (χ3v) is 5.33. The molecule has 1 heterocycles. The normalized spacial score (nSPS) is 11.9. The molecule has 1 aliphatic carbocycles. The van der Waals surface area contributed by atoms with Gasteiger partial charge in [0.25, 0.3) is 5.91 Å². The summed E-state index contributed by atoms with van der Waals surface area (Å²) >= 11 is 0. The second-order valence-corrected chi connectivity index (χ2v) is 7.47. The molecule has 0 unspecified atom stereocenters. The Morgan fingerprint density at radius 1 is 0.909 bits per heavy atom. The lowest BCUT2D eigenvalue weighted by Gasteiger charge is -2.14. The van der Waals surface area contributed by atoms with Crippen LogP contribution in [0.5, 0.6) is 0 Å². The molecular formula is C24H22N4O5. The Kier molecular flexibility index (Phi) is 6.58. The minimum Gasteiger partial charge on any atom is -0.481 e. The number of aliphatic carboxylic acids is 1. The lowest BCUT2D eigenvalue weighted by molar-refractivity contribution is -0.136. The van der Waals surface area contributed by atoms with Gasteiger partial charge in [0.2, 0.25) is 0 Å². The molecule has 0 saturated heterocycles. The highest BCUT2D eigenvalue weighted by Gasteiger charge is 2.28. The molecule has 2 aromatic carbocycles. The molecule has 0 fully saturated rings. The number of benzene rings is 2. The summed E-state index contributed by atoms with van der Waals surface area (Å²) in [6, 6.07) is 16.2. The van der Waals surface area contributed by atoms with Crippen molar-refractivity contribution >= 4 is 18.0 Å². The van der Waals surface area contributed by atoms with E-state index in [0.29, 0.717) is 5.82 Å². The van der Waals surface area contributed by atoms with E-state index in [1.54, 1.807) is 0 Å². The first kappa shape index (κ1) is 21.9. The number of rotatable bonds is 8. The number of hydrogen-bond donors (Lipinski definition) is 3. The molecular weight excluding hydrogens is 424 g/mol. The predicted molar refractivity (Wildman–Crippen MR) is 119 cm³/mol. The van der Waals surface area contributed by atoms with Gasteiger partial charge in [-0.2, -0.15) is 0 Å². The summed E-state index contributed by atoms with van der Waals surface area (Å²) in [6.07, 6.45) is 1.88. The fourth-order valence-electron chi connectivity index (χ4n) is 3.75. The highest BCUT2D eigenvalue weighted by molar-refractivity contribution is 5.93. The third-order valence-electron chi connectivity index (χ3n) is 5.33. The van der Waals surface area contributed by atoms with E-state index in [1.165, 1.54) is 12.4 Å². The minimum absolute atomic E-state index is 0.0132. The van der Waals surface area contributed by atoms with Crippen molar-refractivity contribution in [3.05, 3.63) is 83.4 Å². The molecule has 3 aromatic rings. The fourth-order valence-corrected chi connectivity index (χ4v) is 3.75. The number of carbonyl (C=O) groups excluding carboxylic acids is 2. The number of amides is 2. The van der Waals surface area contributed by atoms with E-state index in [-0.39, 0.29) is 37.6 Å². The number of carboxylic acids is 1. The van der Waals surface area contributed by atoms with E-state index in [1.807, 2.05) is 24.3 Å². The Morgan fingerprint density at radius 3 is 2.12 bits per heavy atom. The molecule has 0 saturated carbocycles. The van der Waals surface area contributed by atoms with Gasteiger partial charge < -0.3 is 20.5 Å². The summed E-state index contributed by atoms with van der Waals surface area (Å²) in [5.41, 5.74) is 4.77. The molecule has 3 N–H and O–H groups in total. The maximum atomic E-state index is 12.2. The van der Waals surface area contributed by atoms with Gasteiger partial charge in [0, 0.05) is 24.9 Å². The zero-order valence-electron chi connectivity index (χ0n) is 17.7. The van der Waals surface area contributed by atoms with Crippen molar-refractivity contribution in [2.45, 2.75) is 18.9 Å². The SMILES string of the molecule is O=C(O)CCNC(=O)c1cnc(CNC(=O)OCC2c3ccccc3-c3ccccc32)nc1. The quantitative estimate of drug-likeness (QED) is 0.485. The molecule has 33 heavy (non-hydrogen) atoms. The van der Waals surface area contributed by atoms with Crippen molar-refractivity contribution < 1.29 is 24.2 Å². The molecule has 4 rings (SSSR count). The molecule has 0 bridgehead atoms. The number of hydrogen-bond acceptors (Lipinski definition) is 6. The second-order valence-electron chi connectivity index (χ2n) is 7.47. The Bertz CT molecular complexity index is 1130. The summed E-state index contributed by atoms with van der Waals surface area (Å²) in [7, 11) is 0. The molecule has 168 valence electrons. The lowest BCUT2D eigenvalue weighted by atomic mass is 9.98. The highest BCUT2D eigenvalue weighted by Crippen LogP contribution is 2.44. The van der Waals surface area contributed by atoms with Crippen LogP contribution < -0.4 is 10.6 Å². The largest absolute Gasteiger partial charge is 0.481 e. The molecule has 0 spiro atoms. The Hall–Kier alpha value is -4.27. The average molecular weight is 446 g/mol. The molecule has 0 aliphatic heterocycles. The monoisotopic (exact) mass is 446 g/mol. The number of ether oxygens (including phenoxy) is 1. The number of nitrogens with one attached hydrogen (secondary N) is 2. The van der Waals surface area contributed by atoms with Crippen LogP contribution in [-0.2, 0) is 16.1 Å². The van der Waals surface area contributed by atoms with Crippen molar-refractivity contribution in [2.24, 2.45) is 0 Å². The highest BCUT2D eigenvalue weighted by atomic mass is 16.5. The topological polar surface area (TPSA) is 131 Å². The molecule has 1 aromatic heterocycles. The average Bonchev–Trinajstić information content (AvgIpc) is 3.15. The second kappa shape index (κ2) is 9.90. The van der Waals surface area contributed by atoms with Gasteiger partial charge in [-0.05, 0) is 22.3 Å². The Balaban J connectivity index is 1.28. The number of carboxylic acid groups (broad SMARTS) is 1. The number of nitrogens with zero attached hydrogens (tertiary/aromatic N) is 2. The maximum Gasteiger partial charge on any atom is 0.407 e. The first-order valence-electron chi connectivity index (χ1n) is 10.4. The molecule has 0 atom stereocenters. The van der Waals surface area contributed by atoms with E-state index >= 15 is 0 Å². The summed E-state index contributed by atoms with van der Waals surface area (Å²) in [5, 5.41) is 13.7. The van der Waals surface area contributed by atoms with Gasteiger partial charge in [-0.1, -0.05) is 48.5 Å². The van der Waals surface area contributed by atoms with Gasteiger partial charge in [-0.3, -0.25) is 9.59 Å². The first-order valence-corrected chi connectivity index (χ1v) is 10.4. The van der Waals surface area contributed by atoms with Gasteiger partial charge >= 0.3 is 12.1 Å². The Labute approximate surface area is 189 Å². The van der Waals surface area contributed by atoms with Crippen LogP contribution in [0.2, 0.25) is 0 Å². The summed E-state index contributed by atoms with van der Waals surface area (Å²) in [5.74, 6) is -1.18. The minimum atomic E-state index is -0.999. The van der Waals surface area contributed by atoms with Crippen molar-refractivity contribution in [3.63, 3.8) is 0 Å². The summed E-state index contributed by atoms with van der Waals surface area (Å²) < 4.78 is 5.47. The molecule has 1 aliphatic rings. The van der Waals surface area contributed by atoms with Gasteiger partial charge in [0.05, 0.1) is 18.5 Å². The van der Waals surface area contributed by atoms with Crippen LogP contribution in [0.3, 0.4) is 0 Å². The van der Waals surface area contributed by atoms with Crippen LogP contribution in [0.4, 0.5) is 4.79 Å². The predicted octanol–water partition coefficient (Wildman–Crippen LogP) is 2.72. The van der Waals surface area contributed by atoms with Crippen LogP contribution in [0.25, 0.3) is 11.1 Å². The number of aromatic nitrogens is 2. The fraction of sp³-hybridized carbons (Fsp3) is 0.208. The molecule has 0 radical (unpaired) electrons. The van der Waals surface area contributed by atoms with E-state index in [4.69, 9.17) is 9.84 Å². The maximum absolute atomic E-state index is 12.2. The van der Waals surface area contributed by atoms with Gasteiger partial charge in [0.1, 0.15) is 12.4 Å². The zero-order chi connectivity index (χ0) is 23.2. The van der Waals surface area contributed by atoms with Crippen LogP contribution in [-0.4, -0.2) is 46.2 Å². The van der Waals surface area contributed by atoms with Crippen LogP contribution in [0, 0.1) is 0 Å². The van der Waals surface area contributed by atoms with E-state index in [2.05, 4.69) is 44.9 Å². The summed E-state index contributed by atoms with van der Waals surface area (Å²) in [4.78, 5) is 42.8. The molecule has 9 heteroatoms. The van der Waals surface area contributed by atoms with Crippen LogP contribution >= 0.6 is 0 Å². The van der Waals surface area contributed by atoms with E-state index in [0.717, 1.165) is 22.3 Å². The zero-order valence-corrected chi connectivity index (χ0v) is 17.7. The van der Waals surface area contributed by atoms with Crippen LogP contribution in [0.1, 0.15) is 39.6 Å². The lowest BCUT2D eigenvalue weighted by Crippen LogP contribution is -2.28. The van der Waals surface area contributed by atoms with Gasteiger partial charge in [-0.25, -0.2) is 14.8 Å².